The standard InChI is InChI=1S/C15H24N4O4S/c1-6-16-15(21)18-14(20)9-17-13-8-12(7-10(2)11(13)3)24(22,23)19(4)5/h7-8,17H,6,9H2,1-5H3,(H2,16,18,20,21). The van der Waals surface area contributed by atoms with Crippen LogP contribution < -0.4 is 16.0 Å². The van der Waals surface area contributed by atoms with Gasteiger partial charge >= 0.3 is 6.03 Å². The Hall–Kier alpha value is -2.13. The lowest BCUT2D eigenvalue weighted by Crippen LogP contribution is -2.41. The van der Waals surface area contributed by atoms with Crippen LogP contribution in [0.5, 0.6) is 0 Å². The lowest BCUT2D eigenvalue weighted by Gasteiger charge is -2.16. The van der Waals surface area contributed by atoms with Gasteiger partial charge < -0.3 is 10.6 Å². The molecule has 1 aromatic rings. The van der Waals surface area contributed by atoms with Gasteiger partial charge in [0.15, 0.2) is 0 Å². The van der Waals surface area contributed by atoms with E-state index in [0.717, 1.165) is 15.4 Å². The molecular formula is C15H24N4O4S. The van der Waals surface area contributed by atoms with Crippen LogP contribution in [-0.2, 0) is 14.8 Å². The van der Waals surface area contributed by atoms with Crippen molar-refractivity contribution >= 4 is 27.6 Å². The van der Waals surface area contributed by atoms with Crippen LogP contribution in [0, 0.1) is 13.8 Å². The van der Waals surface area contributed by atoms with E-state index in [1.807, 2.05) is 6.92 Å². The van der Waals surface area contributed by atoms with Crippen molar-refractivity contribution in [2.45, 2.75) is 25.7 Å². The maximum absolute atomic E-state index is 12.3. The molecule has 0 spiro atoms. The fourth-order valence-electron chi connectivity index (χ4n) is 1.92. The molecule has 8 nitrogen and oxygen atoms in total. The summed E-state index contributed by atoms with van der Waals surface area (Å²) in [5, 5.41) is 7.50. The Balaban J connectivity index is 2.95. The zero-order valence-electron chi connectivity index (χ0n) is 14.6. The molecule has 3 N–H and O–H groups in total. The first kappa shape index (κ1) is 19.9. The summed E-state index contributed by atoms with van der Waals surface area (Å²) in [5.74, 6) is -0.515. The fourth-order valence-corrected chi connectivity index (χ4v) is 2.93. The van der Waals surface area contributed by atoms with Gasteiger partial charge in [-0.05, 0) is 44.0 Å². The van der Waals surface area contributed by atoms with E-state index in [1.165, 1.54) is 20.2 Å². The number of rotatable bonds is 6. The smallest absolute Gasteiger partial charge is 0.321 e. The number of sulfonamides is 1. The first-order chi connectivity index (χ1) is 11.1. The molecule has 0 bridgehead atoms. The van der Waals surface area contributed by atoms with E-state index in [0.29, 0.717) is 12.2 Å². The second-order valence-electron chi connectivity index (χ2n) is 5.46. The minimum absolute atomic E-state index is 0.141. The molecule has 0 saturated heterocycles. The lowest BCUT2D eigenvalue weighted by molar-refractivity contribution is -0.118. The van der Waals surface area contributed by atoms with Gasteiger partial charge in [-0.15, -0.1) is 0 Å². The molecule has 0 atom stereocenters. The minimum atomic E-state index is -3.57. The number of hydrogen-bond donors (Lipinski definition) is 3. The highest BCUT2D eigenvalue weighted by Gasteiger charge is 2.19. The monoisotopic (exact) mass is 356 g/mol. The highest BCUT2D eigenvalue weighted by atomic mass is 32.2. The topological polar surface area (TPSA) is 108 Å². The summed E-state index contributed by atoms with van der Waals surface area (Å²) in [5.41, 5.74) is 2.14. The Bertz CT molecular complexity index is 729. The molecule has 0 aliphatic heterocycles. The zero-order chi connectivity index (χ0) is 18.5. The number of nitrogens with zero attached hydrogens (tertiary/aromatic N) is 1. The van der Waals surface area contributed by atoms with Gasteiger partial charge in [0, 0.05) is 26.3 Å². The van der Waals surface area contributed by atoms with Crippen molar-refractivity contribution in [3.8, 4) is 0 Å². The van der Waals surface area contributed by atoms with Crippen LogP contribution in [0.1, 0.15) is 18.1 Å². The van der Waals surface area contributed by atoms with Crippen LogP contribution >= 0.6 is 0 Å². The third-order valence-corrected chi connectivity index (χ3v) is 5.24. The van der Waals surface area contributed by atoms with Crippen LogP contribution in [0.3, 0.4) is 0 Å². The molecule has 24 heavy (non-hydrogen) atoms. The van der Waals surface area contributed by atoms with Crippen LogP contribution in [0.15, 0.2) is 17.0 Å². The number of aryl methyl sites for hydroxylation is 1. The molecule has 134 valence electrons. The summed E-state index contributed by atoms with van der Waals surface area (Å²) in [6, 6.07) is 2.50. The summed E-state index contributed by atoms with van der Waals surface area (Å²) in [7, 11) is -0.663. The van der Waals surface area contributed by atoms with Gasteiger partial charge in [0.25, 0.3) is 0 Å². The Morgan fingerprint density at radius 2 is 1.79 bits per heavy atom. The molecule has 0 aliphatic rings. The number of anilines is 1. The number of amides is 3. The first-order valence-corrected chi connectivity index (χ1v) is 8.89. The number of hydrogen-bond acceptors (Lipinski definition) is 5. The van der Waals surface area contributed by atoms with Gasteiger partial charge in [-0.1, -0.05) is 0 Å². The molecule has 0 fully saturated rings. The van der Waals surface area contributed by atoms with Crippen LogP contribution in [0.4, 0.5) is 10.5 Å². The van der Waals surface area contributed by atoms with E-state index in [9.17, 15) is 18.0 Å². The van der Waals surface area contributed by atoms with Crippen molar-refractivity contribution in [3.63, 3.8) is 0 Å². The van der Waals surface area contributed by atoms with Crippen molar-refractivity contribution in [1.29, 1.82) is 0 Å². The SMILES string of the molecule is CCNC(=O)NC(=O)CNc1cc(S(=O)(=O)N(C)C)cc(C)c1C. The van der Waals surface area contributed by atoms with Gasteiger partial charge in [-0.2, -0.15) is 0 Å². The average molecular weight is 356 g/mol. The summed E-state index contributed by atoms with van der Waals surface area (Å²) in [6.07, 6.45) is 0. The second-order valence-corrected chi connectivity index (χ2v) is 7.61. The Morgan fingerprint density at radius 1 is 1.17 bits per heavy atom. The van der Waals surface area contributed by atoms with Gasteiger partial charge in [0.05, 0.1) is 11.4 Å². The Kier molecular flexibility index (Phi) is 6.73. The van der Waals surface area contributed by atoms with E-state index in [1.54, 1.807) is 19.9 Å². The molecule has 0 unspecified atom stereocenters. The fraction of sp³-hybridized carbons (Fsp3) is 0.467. The zero-order valence-corrected chi connectivity index (χ0v) is 15.4. The summed E-state index contributed by atoms with van der Waals surface area (Å²) in [6.45, 7) is 5.62. The van der Waals surface area contributed by atoms with E-state index in [4.69, 9.17) is 0 Å². The maximum Gasteiger partial charge on any atom is 0.321 e. The third kappa shape index (κ3) is 4.93. The van der Waals surface area contributed by atoms with Crippen molar-refractivity contribution in [3.05, 3.63) is 23.3 Å². The molecule has 0 aliphatic carbocycles. The minimum Gasteiger partial charge on any atom is -0.376 e. The van der Waals surface area contributed by atoms with Crippen LogP contribution in [-0.4, -0.2) is 51.8 Å². The number of benzene rings is 1. The number of carbonyl (C=O) groups excluding carboxylic acids is 2. The largest absolute Gasteiger partial charge is 0.376 e. The van der Waals surface area contributed by atoms with E-state index in [-0.39, 0.29) is 11.4 Å². The number of urea groups is 1. The van der Waals surface area contributed by atoms with Crippen LogP contribution in [0.2, 0.25) is 0 Å². The predicted molar refractivity (Wildman–Crippen MR) is 92.5 cm³/mol. The molecular weight excluding hydrogens is 332 g/mol. The Morgan fingerprint density at radius 3 is 2.33 bits per heavy atom. The molecule has 1 rings (SSSR count). The number of nitrogens with one attached hydrogen (secondary N) is 3. The van der Waals surface area contributed by atoms with Gasteiger partial charge in [-0.3, -0.25) is 10.1 Å². The van der Waals surface area contributed by atoms with Gasteiger partial charge in [-0.25, -0.2) is 17.5 Å². The van der Waals surface area contributed by atoms with E-state index >= 15 is 0 Å². The summed E-state index contributed by atoms with van der Waals surface area (Å²) >= 11 is 0. The van der Waals surface area contributed by atoms with E-state index < -0.39 is 22.0 Å². The van der Waals surface area contributed by atoms with Crippen molar-refractivity contribution in [1.82, 2.24) is 14.9 Å². The predicted octanol–water partition coefficient (Wildman–Crippen LogP) is 0.811. The molecule has 0 saturated carbocycles. The lowest BCUT2D eigenvalue weighted by atomic mass is 10.1. The first-order valence-electron chi connectivity index (χ1n) is 7.45. The highest BCUT2D eigenvalue weighted by molar-refractivity contribution is 7.89. The summed E-state index contributed by atoms with van der Waals surface area (Å²) < 4.78 is 25.7. The Labute approximate surface area is 142 Å². The molecule has 0 heterocycles. The third-order valence-electron chi connectivity index (χ3n) is 3.45. The summed E-state index contributed by atoms with van der Waals surface area (Å²) in [4.78, 5) is 23.2. The van der Waals surface area contributed by atoms with Crippen molar-refractivity contribution in [2.24, 2.45) is 0 Å². The van der Waals surface area contributed by atoms with Gasteiger partial charge in [0.1, 0.15) is 0 Å². The molecule has 0 aromatic heterocycles. The molecule has 9 heteroatoms. The highest BCUT2D eigenvalue weighted by Crippen LogP contribution is 2.25. The molecule has 0 radical (unpaired) electrons. The van der Waals surface area contributed by atoms with E-state index in [2.05, 4.69) is 16.0 Å². The molecule has 3 amide bonds. The average Bonchev–Trinajstić information content (AvgIpc) is 2.48. The number of carbonyl (C=O) groups is 2. The van der Waals surface area contributed by atoms with Gasteiger partial charge in [0.2, 0.25) is 15.9 Å². The molecule has 1 aromatic carbocycles. The number of imide groups is 1. The second kappa shape index (κ2) is 8.11. The van der Waals surface area contributed by atoms with Crippen molar-refractivity contribution < 1.29 is 18.0 Å². The van der Waals surface area contributed by atoms with Crippen molar-refractivity contribution in [2.75, 3.05) is 32.5 Å². The maximum atomic E-state index is 12.3. The van der Waals surface area contributed by atoms with Crippen LogP contribution in [0.25, 0.3) is 0 Å². The normalized spacial score (nSPS) is 11.2. The quantitative estimate of drug-likeness (QED) is 0.699.